The van der Waals surface area contributed by atoms with Crippen molar-refractivity contribution in [3.8, 4) is 0 Å². The number of hydrogen-bond donors (Lipinski definition) is 1. The first-order valence-corrected chi connectivity index (χ1v) is 10.3. The minimum atomic E-state index is -0.470. The molecule has 0 radical (unpaired) electrons. The summed E-state index contributed by atoms with van der Waals surface area (Å²) in [5.41, 5.74) is -0.245. The van der Waals surface area contributed by atoms with E-state index in [4.69, 9.17) is 4.74 Å². The molecular formula is C20H28N4O4. The highest BCUT2D eigenvalue weighted by Gasteiger charge is 2.40. The summed E-state index contributed by atoms with van der Waals surface area (Å²) < 4.78 is 8.58. The third-order valence-electron chi connectivity index (χ3n) is 6.52. The molecule has 0 spiro atoms. The SMILES string of the molecule is CCCCn1c(=O)[nH]c(=O)c2c1nc(COC(=O)C[C@@H]1C[C@@H]3CC[C@@H]1C3)n2C. The van der Waals surface area contributed by atoms with E-state index < -0.39 is 11.2 Å². The molecule has 0 unspecified atom stereocenters. The van der Waals surface area contributed by atoms with Crippen LogP contribution >= 0.6 is 0 Å². The van der Waals surface area contributed by atoms with E-state index in [1.807, 2.05) is 6.92 Å². The van der Waals surface area contributed by atoms with Crippen LogP contribution in [0.4, 0.5) is 0 Å². The Bertz CT molecular complexity index is 1000. The summed E-state index contributed by atoms with van der Waals surface area (Å²) in [5, 5.41) is 0. The van der Waals surface area contributed by atoms with E-state index in [2.05, 4.69) is 9.97 Å². The van der Waals surface area contributed by atoms with Crippen molar-refractivity contribution in [3.05, 3.63) is 26.7 Å². The second-order valence-electron chi connectivity index (χ2n) is 8.32. The molecule has 3 atom stereocenters. The fraction of sp³-hybridized carbons (Fsp3) is 0.700. The number of ether oxygens (including phenoxy) is 1. The summed E-state index contributed by atoms with van der Waals surface area (Å²) in [5.74, 6) is 2.20. The second kappa shape index (κ2) is 7.56. The standard InChI is InChI=1S/C20H28N4O4/c1-3-4-7-24-18-17(19(26)22-20(24)27)23(2)15(21-18)11-28-16(25)10-14-9-12-5-6-13(14)8-12/h12-14H,3-11H2,1-2H3,(H,22,26,27)/t12-,13-,14+/m1/s1. The molecule has 8 nitrogen and oxygen atoms in total. The van der Waals surface area contributed by atoms with Gasteiger partial charge in [0.25, 0.3) is 5.56 Å². The highest BCUT2D eigenvalue weighted by Crippen LogP contribution is 2.49. The maximum atomic E-state index is 12.3. The van der Waals surface area contributed by atoms with Crippen molar-refractivity contribution < 1.29 is 9.53 Å². The van der Waals surface area contributed by atoms with E-state index in [-0.39, 0.29) is 12.6 Å². The summed E-state index contributed by atoms with van der Waals surface area (Å²) >= 11 is 0. The molecule has 8 heteroatoms. The fourth-order valence-electron chi connectivity index (χ4n) is 4.99. The Morgan fingerprint density at radius 2 is 2.11 bits per heavy atom. The Kier molecular flexibility index (Phi) is 5.12. The van der Waals surface area contributed by atoms with Gasteiger partial charge in [-0.2, -0.15) is 0 Å². The van der Waals surface area contributed by atoms with E-state index in [0.717, 1.165) is 25.2 Å². The maximum Gasteiger partial charge on any atom is 0.330 e. The van der Waals surface area contributed by atoms with Crippen molar-refractivity contribution in [1.29, 1.82) is 0 Å². The van der Waals surface area contributed by atoms with E-state index in [0.29, 0.717) is 41.8 Å². The molecule has 0 aromatic carbocycles. The number of nitrogens with zero attached hydrogens (tertiary/aromatic N) is 3. The number of H-pyrrole nitrogens is 1. The number of aryl methyl sites for hydroxylation is 2. The molecule has 0 amide bonds. The molecule has 2 aliphatic rings. The highest BCUT2D eigenvalue weighted by molar-refractivity contribution is 5.71. The van der Waals surface area contributed by atoms with Crippen molar-refractivity contribution in [1.82, 2.24) is 19.1 Å². The highest BCUT2D eigenvalue weighted by atomic mass is 16.5. The number of rotatable bonds is 7. The molecule has 152 valence electrons. The van der Waals surface area contributed by atoms with Gasteiger partial charge in [0.15, 0.2) is 11.2 Å². The van der Waals surface area contributed by atoms with E-state index in [1.54, 1.807) is 11.6 Å². The number of nitrogens with one attached hydrogen (secondary N) is 1. The summed E-state index contributed by atoms with van der Waals surface area (Å²) in [7, 11) is 1.71. The lowest BCUT2D eigenvalue weighted by Gasteiger charge is -2.20. The Morgan fingerprint density at radius 1 is 1.29 bits per heavy atom. The van der Waals surface area contributed by atoms with Crippen LogP contribution < -0.4 is 11.2 Å². The van der Waals surface area contributed by atoms with E-state index >= 15 is 0 Å². The van der Waals surface area contributed by atoms with Crippen LogP contribution in [0, 0.1) is 17.8 Å². The third kappa shape index (κ3) is 3.40. The van der Waals surface area contributed by atoms with Crippen LogP contribution in [0.1, 0.15) is 57.7 Å². The lowest BCUT2D eigenvalue weighted by Crippen LogP contribution is -2.31. The quantitative estimate of drug-likeness (QED) is 0.732. The van der Waals surface area contributed by atoms with Gasteiger partial charge in [-0.25, -0.2) is 9.78 Å². The first kappa shape index (κ1) is 19.0. The average molecular weight is 388 g/mol. The zero-order chi connectivity index (χ0) is 19.8. The lowest BCUT2D eigenvalue weighted by molar-refractivity contribution is -0.146. The summed E-state index contributed by atoms with van der Waals surface area (Å²) in [4.78, 5) is 43.6. The zero-order valence-electron chi connectivity index (χ0n) is 16.6. The second-order valence-corrected chi connectivity index (χ2v) is 8.32. The Hall–Kier alpha value is -2.38. The van der Waals surface area contributed by atoms with Crippen LogP contribution in [0.15, 0.2) is 9.59 Å². The number of imidazole rings is 1. The molecule has 2 fully saturated rings. The number of unbranched alkanes of at least 4 members (excludes halogenated alkanes) is 1. The van der Waals surface area contributed by atoms with E-state index in [9.17, 15) is 14.4 Å². The van der Waals surface area contributed by atoms with Gasteiger partial charge in [-0.3, -0.25) is 19.1 Å². The van der Waals surface area contributed by atoms with Crippen molar-refractivity contribution in [2.75, 3.05) is 0 Å². The third-order valence-corrected chi connectivity index (χ3v) is 6.52. The van der Waals surface area contributed by atoms with Crippen LogP contribution in [0.2, 0.25) is 0 Å². The summed E-state index contributed by atoms with van der Waals surface area (Å²) in [6, 6.07) is 0. The number of hydrogen-bond acceptors (Lipinski definition) is 5. The summed E-state index contributed by atoms with van der Waals surface area (Å²) in [6.07, 6.45) is 7.16. The van der Waals surface area contributed by atoms with Gasteiger partial charge in [0, 0.05) is 20.0 Å². The van der Waals surface area contributed by atoms with Crippen molar-refractivity contribution >= 4 is 17.1 Å². The molecule has 1 N–H and O–H groups in total. The zero-order valence-corrected chi connectivity index (χ0v) is 16.6. The van der Waals surface area contributed by atoms with Gasteiger partial charge < -0.3 is 9.30 Å². The molecular weight excluding hydrogens is 360 g/mol. The molecule has 0 aliphatic heterocycles. The monoisotopic (exact) mass is 388 g/mol. The Labute approximate surface area is 162 Å². The lowest BCUT2D eigenvalue weighted by atomic mass is 9.86. The number of esters is 1. The first-order valence-electron chi connectivity index (χ1n) is 10.3. The molecule has 2 aromatic heterocycles. The van der Waals surface area contributed by atoms with Gasteiger partial charge in [0.05, 0.1) is 0 Å². The molecule has 28 heavy (non-hydrogen) atoms. The van der Waals surface area contributed by atoms with E-state index in [1.165, 1.54) is 23.8 Å². The van der Waals surface area contributed by atoms with Crippen LogP contribution in [-0.4, -0.2) is 25.1 Å². The maximum absolute atomic E-state index is 12.3. The normalized spacial score (nSPS) is 23.6. The van der Waals surface area contributed by atoms with Gasteiger partial charge in [0.1, 0.15) is 12.4 Å². The first-order chi connectivity index (χ1) is 13.5. The Balaban J connectivity index is 1.50. The van der Waals surface area contributed by atoms with Crippen LogP contribution in [0.5, 0.6) is 0 Å². The average Bonchev–Trinajstić information content (AvgIpc) is 3.34. The van der Waals surface area contributed by atoms with Crippen molar-refractivity contribution in [2.24, 2.45) is 24.8 Å². The van der Waals surface area contributed by atoms with Gasteiger partial charge in [-0.15, -0.1) is 0 Å². The minimum Gasteiger partial charge on any atom is -0.457 e. The van der Waals surface area contributed by atoms with Gasteiger partial charge in [0.2, 0.25) is 0 Å². The molecule has 2 aliphatic carbocycles. The van der Waals surface area contributed by atoms with Crippen LogP contribution in [-0.2, 0) is 29.7 Å². The van der Waals surface area contributed by atoms with Crippen LogP contribution in [0.25, 0.3) is 11.2 Å². The molecule has 2 heterocycles. The predicted octanol–water partition coefficient (Wildman–Crippen LogP) is 2.09. The van der Waals surface area contributed by atoms with Crippen molar-refractivity contribution in [2.45, 2.75) is 65.0 Å². The van der Waals surface area contributed by atoms with Crippen molar-refractivity contribution in [3.63, 3.8) is 0 Å². The topological polar surface area (TPSA) is 99.0 Å². The number of aromatic amines is 1. The number of carbonyl (C=O) groups excluding carboxylic acids is 1. The smallest absolute Gasteiger partial charge is 0.330 e. The molecule has 2 saturated carbocycles. The van der Waals surface area contributed by atoms with Gasteiger partial charge in [-0.1, -0.05) is 19.8 Å². The van der Waals surface area contributed by atoms with Gasteiger partial charge in [-0.05, 0) is 43.4 Å². The fourth-order valence-corrected chi connectivity index (χ4v) is 4.99. The Morgan fingerprint density at radius 3 is 2.79 bits per heavy atom. The number of fused-ring (bicyclic) bond motifs is 3. The number of carbonyl (C=O) groups is 1. The molecule has 4 rings (SSSR count). The molecule has 0 saturated heterocycles. The predicted molar refractivity (Wildman–Crippen MR) is 104 cm³/mol. The minimum absolute atomic E-state index is 0.00619. The molecule has 2 bridgehead atoms. The summed E-state index contributed by atoms with van der Waals surface area (Å²) in [6.45, 7) is 2.53. The number of aromatic nitrogens is 4. The van der Waals surface area contributed by atoms with Crippen LogP contribution in [0.3, 0.4) is 0 Å². The molecule has 2 aromatic rings. The largest absolute Gasteiger partial charge is 0.457 e. The van der Waals surface area contributed by atoms with Gasteiger partial charge >= 0.3 is 11.7 Å².